The van der Waals surface area contributed by atoms with E-state index in [0.29, 0.717) is 17.6 Å². The number of halogens is 1. The molecule has 1 fully saturated rings. The number of nitrogens with zero attached hydrogens (tertiary/aromatic N) is 1. The highest BCUT2D eigenvalue weighted by Gasteiger charge is 2.28. The van der Waals surface area contributed by atoms with E-state index < -0.39 is 0 Å². The number of nitrogens with one attached hydrogen (secondary N) is 2. The zero-order valence-corrected chi connectivity index (χ0v) is 20.3. The van der Waals surface area contributed by atoms with Crippen molar-refractivity contribution in [1.29, 1.82) is 0 Å². The standard InChI is InChI=1S/C29H34FN3O/c1-18-15-22(8-10-24(18)26-13-14-31-17-27(26)30)29(34-3)32-19(2)20-7-11-25-21(16-20)9-12-28(25)33-23-5-4-6-23/h7-8,10-11,13-17,19,23,28-29,32-33H,4-6,9,12H2,1-3H3. The topological polar surface area (TPSA) is 46.2 Å². The van der Waals surface area contributed by atoms with Crippen LogP contribution in [-0.4, -0.2) is 18.1 Å². The molecule has 1 aromatic heterocycles. The Hall–Kier alpha value is -2.60. The molecule has 2 aliphatic carbocycles. The number of fused-ring (bicyclic) bond motifs is 1. The molecular formula is C29H34FN3O. The van der Waals surface area contributed by atoms with Crippen molar-refractivity contribution in [3.05, 3.63) is 88.5 Å². The van der Waals surface area contributed by atoms with E-state index in [1.54, 1.807) is 19.4 Å². The zero-order chi connectivity index (χ0) is 23.7. The maximum Gasteiger partial charge on any atom is 0.149 e. The van der Waals surface area contributed by atoms with Gasteiger partial charge in [-0.1, -0.05) is 42.8 Å². The predicted molar refractivity (Wildman–Crippen MR) is 134 cm³/mol. The van der Waals surface area contributed by atoms with Gasteiger partial charge in [0.2, 0.25) is 0 Å². The molecule has 3 atom stereocenters. The molecule has 0 amide bonds. The van der Waals surface area contributed by atoms with Gasteiger partial charge in [0.1, 0.15) is 12.0 Å². The normalized spacial score (nSPS) is 19.5. The molecule has 178 valence electrons. The molecule has 1 heterocycles. The molecule has 4 nitrogen and oxygen atoms in total. The Labute approximate surface area is 202 Å². The molecule has 2 aromatic carbocycles. The van der Waals surface area contributed by atoms with E-state index in [1.165, 1.54) is 48.6 Å². The van der Waals surface area contributed by atoms with Crippen molar-refractivity contribution in [2.24, 2.45) is 0 Å². The number of hydrogen-bond acceptors (Lipinski definition) is 4. The van der Waals surface area contributed by atoms with Crippen LogP contribution in [0.25, 0.3) is 11.1 Å². The van der Waals surface area contributed by atoms with Gasteiger partial charge in [0.25, 0.3) is 0 Å². The van der Waals surface area contributed by atoms with E-state index >= 15 is 0 Å². The van der Waals surface area contributed by atoms with E-state index in [-0.39, 0.29) is 18.1 Å². The first-order valence-corrected chi connectivity index (χ1v) is 12.4. The lowest BCUT2D eigenvalue weighted by atomic mass is 9.91. The van der Waals surface area contributed by atoms with Gasteiger partial charge >= 0.3 is 0 Å². The third kappa shape index (κ3) is 4.65. The fourth-order valence-corrected chi connectivity index (χ4v) is 5.31. The SMILES string of the molecule is COC(NC(C)c1ccc2c(c1)CCC2NC1CCC1)c1ccc(-c2ccncc2F)c(C)c1. The van der Waals surface area contributed by atoms with Gasteiger partial charge in [-0.05, 0) is 79.0 Å². The Morgan fingerprint density at radius 1 is 1.03 bits per heavy atom. The van der Waals surface area contributed by atoms with Crippen LogP contribution in [0.5, 0.6) is 0 Å². The molecule has 34 heavy (non-hydrogen) atoms. The summed E-state index contributed by atoms with van der Waals surface area (Å²) in [6, 6.07) is 16.0. The number of pyridine rings is 1. The van der Waals surface area contributed by atoms with E-state index in [9.17, 15) is 4.39 Å². The molecule has 0 bridgehead atoms. The third-order valence-electron chi connectivity index (χ3n) is 7.54. The summed E-state index contributed by atoms with van der Waals surface area (Å²) in [4.78, 5) is 3.86. The Morgan fingerprint density at radius 2 is 1.85 bits per heavy atom. The fourth-order valence-electron chi connectivity index (χ4n) is 5.31. The number of ether oxygens (including phenoxy) is 1. The lowest BCUT2D eigenvalue weighted by molar-refractivity contribution is 0.0644. The number of methoxy groups -OCH3 is 1. The second-order valence-electron chi connectivity index (χ2n) is 9.78. The highest BCUT2D eigenvalue weighted by molar-refractivity contribution is 5.67. The predicted octanol–water partition coefficient (Wildman–Crippen LogP) is 6.32. The van der Waals surface area contributed by atoms with Gasteiger partial charge in [-0.3, -0.25) is 10.3 Å². The summed E-state index contributed by atoms with van der Waals surface area (Å²) >= 11 is 0. The van der Waals surface area contributed by atoms with Gasteiger partial charge in [0, 0.05) is 37.0 Å². The third-order valence-corrected chi connectivity index (χ3v) is 7.54. The smallest absolute Gasteiger partial charge is 0.149 e. The van der Waals surface area contributed by atoms with Gasteiger partial charge in [-0.25, -0.2) is 4.39 Å². The molecule has 0 radical (unpaired) electrons. The van der Waals surface area contributed by atoms with Crippen LogP contribution >= 0.6 is 0 Å². The number of rotatable bonds is 8. The Bertz CT molecular complexity index is 1160. The molecule has 3 aromatic rings. The summed E-state index contributed by atoms with van der Waals surface area (Å²) in [5.74, 6) is -0.310. The summed E-state index contributed by atoms with van der Waals surface area (Å²) in [6.07, 6.45) is 8.96. The highest BCUT2D eigenvalue weighted by atomic mass is 19.1. The number of aryl methyl sites for hydroxylation is 2. The minimum absolute atomic E-state index is 0.131. The minimum atomic E-state index is -0.310. The van der Waals surface area contributed by atoms with E-state index in [4.69, 9.17) is 4.74 Å². The molecule has 1 saturated carbocycles. The summed E-state index contributed by atoms with van der Waals surface area (Å²) in [5.41, 5.74) is 7.68. The average Bonchev–Trinajstić information content (AvgIpc) is 3.22. The van der Waals surface area contributed by atoms with Crippen molar-refractivity contribution in [3.63, 3.8) is 0 Å². The molecule has 0 saturated heterocycles. The highest BCUT2D eigenvalue weighted by Crippen LogP contribution is 2.35. The molecule has 5 heteroatoms. The zero-order valence-electron chi connectivity index (χ0n) is 20.3. The Morgan fingerprint density at radius 3 is 2.56 bits per heavy atom. The van der Waals surface area contributed by atoms with Crippen molar-refractivity contribution in [2.45, 2.75) is 70.3 Å². The van der Waals surface area contributed by atoms with E-state index in [1.807, 2.05) is 19.1 Å². The summed E-state index contributed by atoms with van der Waals surface area (Å²) in [5, 5.41) is 7.47. The van der Waals surface area contributed by atoms with Crippen LogP contribution in [0.2, 0.25) is 0 Å². The molecule has 0 aliphatic heterocycles. The van der Waals surface area contributed by atoms with Gasteiger partial charge in [-0.15, -0.1) is 0 Å². The maximum atomic E-state index is 14.2. The van der Waals surface area contributed by atoms with Crippen molar-refractivity contribution >= 4 is 0 Å². The Balaban J connectivity index is 1.29. The van der Waals surface area contributed by atoms with Crippen LogP contribution < -0.4 is 10.6 Å². The molecule has 0 spiro atoms. The molecule has 2 aliphatic rings. The minimum Gasteiger partial charge on any atom is -0.362 e. The second kappa shape index (κ2) is 9.95. The van der Waals surface area contributed by atoms with Gasteiger partial charge in [0.15, 0.2) is 0 Å². The molecule has 2 N–H and O–H groups in total. The maximum absolute atomic E-state index is 14.2. The monoisotopic (exact) mass is 459 g/mol. The van der Waals surface area contributed by atoms with Crippen molar-refractivity contribution in [3.8, 4) is 11.1 Å². The molecular weight excluding hydrogens is 425 g/mol. The summed E-state index contributed by atoms with van der Waals surface area (Å²) in [7, 11) is 1.72. The second-order valence-corrected chi connectivity index (χ2v) is 9.78. The summed E-state index contributed by atoms with van der Waals surface area (Å²) < 4.78 is 20.1. The first kappa shape index (κ1) is 23.2. The van der Waals surface area contributed by atoms with Crippen LogP contribution in [0.4, 0.5) is 4.39 Å². The van der Waals surface area contributed by atoms with Crippen LogP contribution in [0.15, 0.2) is 54.9 Å². The van der Waals surface area contributed by atoms with Crippen molar-refractivity contribution in [1.82, 2.24) is 15.6 Å². The molecule has 5 rings (SSSR count). The van der Waals surface area contributed by atoms with Gasteiger partial charge in [0.05, 0.1) is 6.20 Å². The first-order chi connectivity index (χ1) is 16.5. The van der Waals surface area contributed by atoms with E-state index in [0.717, 1.165) is 23.1 Å². The summed E-state index contributed by atoms with van der Waals surface area (Å²) in [6.45, 7) is 4.18. The number of aromatic nitrogens is 1. The number of benzene rings is 2. The van der Waals surface area contributed by atoms with Crippen LogP contribution in [0, 0.1) is 12.7 Å². The van der Waals surface area contributed by atoms with Crippen LogP contribution in [0.3, 0.4) is 0 Å². The largest absolute Gasteiger partial charge is 0.362 e. The quantitative estimate of drug-likeness (QED) is 0.387. The average molecular weight is 460 g/mol. The molecule has 3 unspecified atom stereocenters. The van der Waals surface area contributed by atoms with Gasteiger partial charge < -0.3 is 10.1 Å². The fraction of sp³-hybridized carbons (Fsp3) is 0.414. The first-order valence-electron chi connectivity index (χ1n) is 12.4. The van der Waals surface area contributed by atoms with Gasteiger partial charge in [-0.2, -0.15) is 0 Å². The van der Waals surface area contributed by atoms with Crippen LogP contribution in [-0.2, 0) is 11.2 Å². The lowest BCUT2D eigenvalue weighted by Gasteiger charge is -2.30. The van der Waals surface area contributed by atoms with E-state index in [2.05, 4.69) is 46.8 Å². The van der Waals surface area contributed by atoms with Crippen molar-refractivity contribution < 1.29 is 9.13 Å². The lowest BCUT2D eigenvalue weighted by Crippen LogP contribution is -2.37. The number of hydrogen-bond donors (Lipinski definition) is 2. The van der Waals surface area contributed by atoms with Crippen molar-refractivity contribution in [2.75, 3.05) is 7.11 Å². The Kier molecular flexibility index (Phi) is 6.77. The van der Waals surface area contributed by atoms with Crippen LogP contribution in [0.1, 0.15) is 78.7 Å².